The third-order valence-electron chi connectivity index (χ3n) is 4.18. The first-order chi connectivity index (χ1) is 8.58. The van der Waals surface area contributed by atoms with Crippen molar-refractivity contribution in [2.75, 3.05) is 27.2 Å². The second-order valence-electron chi connectivity index (χ2n) is 6.14. The summed E-state index contributed by atoms with van der Waals surface area (Å²) in [6.07, 6.45) is 6.06. The van der Waals surface area contributed by atoms with Crippen LogP contribution in [-0.2, 0) is 4.79 Å². The first-order valence-corrected chi connectivity index (χ1v) is 7.29. The predicted molar refractivity (Wildman–Crippen MR) is 73.5 cm³/mol. The number of carbonyl (C=O) groups excluding carboxylic acids is 1. The Bertz CT molecular complexity index is 287. The summed E-state index contributed by atoms with van der Waals surface area (Å²) in [6.45, 7) is 3.92. The van der Waals surface area contributed by atoms with Crippen molar-refractivity contribution in [2.45, 2.75) is 57.2 Å². The van der Waals surface area contributed by atoms with Crippen LogP contribution in [-0.4, -0.2) is 61.0 Å². The minimum atomic E-state index is -0.0295. The second kappa shape index (κ2) is 6.02. The fourth-order valence-electron chi connectivity index (χ4n) is 3.22. The van der Waals surface area contributed by atoms with Crippen molar-refractivity contribution in [3.8, 4) is 0 Å². The summed E-state index contributed by atoms with van der Waals surface area (Å²) >= 11 is 0. The van der Waals surface area contributed by atoms with Crippen LogP contribution in [0.25, 0.3) is 0 Å². The Morgan fingerprint density at radius 1 is 1.28 bits per heavy atom. The van der Waals surface area contributed by atoms with E-state index in [1.807, 2.05) is 14.1 Å². The van der Waals surface area contributed by atoms with Crippen LogP contribution in [0.15, 0.2) is 0 Å². The smallest absolute Gasteiger partial charge is 0.241 e. The lowest BCUT2D eigenvalue weighted by atomic mass is 10.1. The van der Waals surface area contributed by atoms with Gasteiger partial charge in [-0.1, -0.05) is 12.8 Å². The standard InChI is InChI=1S/C14H27N3O/c1-11-8-9-17(12-6-4-5-7-12)14(18)13(15-11)10-16(2)3/h11-13,15H,4-10H2,1-3H3. The highest BCUT2D eigenvalue weighted by Crippen LogP contribution is 2.25. The Kier molecular flexibility index (Phi) is 4.62. The van der Waals surface area contributed by atoms with E-state index < -0.39 is 0 Å². The lowest BCUT2D eigenvalue weighted by Gasteiger charge is -2.30. The monoisotopic (exact) mass is 253 g/mol. The highest BCUT2D eigenvalue weighted by molar-refractivity contribution is 5.82. The molecule has 1 aliphatic carbocycles. The van der Waals surface area contributed by atoms with Crippen molar-refractivity contribution < 1.29 is 4.79 Å². The number of nitrogens with one attached hydrogen (secondary N) is 1. The number of hydrogen-bond donors (Lipinski definition) is 1. The number of likely N-dealkylation sites (N-methyl/N-ethyl adjacent to an activating group) is 1. The van der Waals surface area contributed by atoms with Gasteiger partial charge in [0.25, 0.3) is 0 Å². The maximum atomic E-state index is 12.7. The van der Waals surface area contributed by atoms with E-state index in [1.54, 1.807) is 0 Å². The topological polar surface area (TPSA) is 35.6 Å². The van der Waals surface area contributed by atoms with Gasteiger partial charge in [0.05, 0.1) is 6.04 Å². The Labute approximate surface area is 111 Å². The van der Waals surface area contributed by atoms with E-state index in [0.717, 1.165) is 19.5 Å². The van der Waals surface area contributed by atoms with E-state index in [1.165, 1.54) is 25.7 Å². The summed E-state index contributed by atoms with van der Waals surface area (Å²) in [7, 11) is 4.06. The van der Waals surface area contributed by atoms with Crippen LogP contribution in [0.3, 0.4) is 0 Å². The molecule has 4 heteroatoms. The number of hydrogen-bond acceptors (Lipinski definition) is 3. The van der Waals surface area contributed by atoms with Gasteiger partial charge in [0, 0.05) is 25.2 Å². The van der Waals surface area contributed by atoms with Crippen LogP contribution in [0.5, 0.6) is 0 Å². The van der Waals surface area contributed by atoms with Crippen molar-refractivity contribution in [1.29, 1.82) is 0 Å². The normalized spacial score (nSPS) is 31.1. The molecular formula is C14H27N3O. The minimum absolute atomic E-state index is 0.0295. The van der Waals surface area contributed by atoms with E-state index >= 15 is 0 Å². The van der Waals surface area contributed by atoms with Gasteiger partial charge in [-0.05, 0) is 40.3 Å². The molecule has 0 aromatic carbocycles. The van der Waals surface area contributed by atoms with E-state index in [-0.39, 0.29) is 6.04 Å². The lowest BCUT2D eigenvalue weighted by Crippen LogP contribution is -2.52. The fourth-order valence-corrected chi connectivity index (χ4v) is 3.22. The van der Waals surface area contributed by atoms with Crippen molar-refractivity contribution in [1.82, 2.24) is 15.1 Å². The number of nitrogens with zero attached hydrogens (tertiary/aromatic N) is 2. The Balaban J connectivity index is 2.07. The van der Waals surface area contributed by atoms with Crippen LogP contribution >= 0.6 is 0 Å². The van der Waals surface area contributed by atoms with Crippen molar-refractivity contribution in [2.24, 2.45) is 0 Å². The molecule has 0 aromatic heterocycles. The molecule has 2 rings (SSSR count). The molecule has 1 saturated carbocycles. The summed E-state index contributed by atoms with van der Waals surface area (Å²) in [5, 5.41) is 3.48. The van der Waals surface area contributed by atoms with Crippen LogP contribution in [0.2, 0.25) is 0 Å². The summed E-state index contributed by atoms with van der Waals surface area (Å²) in [5.41, 5.74) is 0. The molecule has 2 unspecified atom stereocenters. The lowest BCUT2D eigenvalue weighted by molar-refractivity contribution is -0.135. The van der Waals surface area contributed by atoms with Gasteiger partial charge in [0.1, 0.15) is 0 Å². The average Bonchev–Trinajstić information content (AvgIpc) is 2.77. The van der Waals surface area contributed by atoms with Gasteiger partial charge in [-0.25, -0.2) is 0 Å². The molecule has 2 fully saturated rings. The molecule has 1 aliphatic heterocycles. The van der Waals surface area contributed by atoms with Crippen molar-refractivity contribution in [3.63, 3.8) is 0 Å². The number of amides is 1. The third-order valence-corrected chi connectivity index (χ3v) is 4.18. The number of carbonyl (C=O) groups is 1. The first kappa shape index (κ1) is 13.8. The van der Waals surface area contributed by atoms with E-state index in [9.17, 15) is 4.79 Å². The SMILES string of the molecule is CC1CCN(C2CCCC2)C(=O)C(CN(C)C)N1. The van der Waals surface area contributed by atoms with Crippen molar-refractivity contribution >= 4 is 5.91 Å². The summed E-state index contributed by atoms with van der Waals surface area (Å²) in [6, 6.07) is 0.915. The maximum absolute atomic E-state index is 12.7. The Hall–Kier alpha value is -0.610. The van der Waals surface area contributed by atoms with E-state index in [2.05, 4.69) is 22.0 Å². The van der Waals surface area contributed by atoms with Crippen LogP contribution in [0.1, 0.15) is 39.0 Å². The number of rotatable bonds is 3. The van der Waals surface area contributed by atoms with Gasteiger partial charge < -0.3 is 15.1 Å². The molecule has 4 nitrogen and oxygen atoms in total. The summed E-state index contributed by atoms with van der Waals surface area (Å²) < 4.78 is 0. The fraction of sp³-hybridized carbons (Fsp3) is 0.929. The van der Waals surface area contributed by atoms with Gasteiger partial charge in [0.15, 0.2) is 0 Å². The first-order valence-electron chi connectivity index (χ1n) is 7.29. The highest BCUT2D eigenvalue weighted by Gasteiger charge is 2.34. The molecule has 1 N–H and O–H groups in total. The summed E-state index contributed by atoms with van der Waals surface area (Å²) in [4.78, 5) is 16.9. The Morgan fingerprint density at radius 2 is 1.94 bits per heavy atom. The minimum Gasteiger partial charge on any atom is -0.338 e. The molecule has 1 saturated heterocycles. The largest absolute Gasteiger partial charge is 0.338 e. The molecule has 2 aliphatic rings. The summed E-state index contributed by atoms with van der Waals surface area (Å²) in [5.74, 6) is 0.319. The van der Waals surface area contributed by atoms with Crippen LogP contribution < -0.4 is 5.32 Å². The van der Waals surface area contributed by atoms with Crippen LogP contribution in [0.4, 0.5) is 0 Å². The molecule has 104 valence electrons. The molecular weight excluding hydrogens is 226 g/mol. The molecule has 0 bridgehead atoms. The molecule has 2 atom stereocenters. The zero-order chi connectivity index (χ0) is 13.1. The molecule has 0 radical (unpaired) electrons. The third kappa shape index (κ3) is 3.23. The second-order valence-corrected chi connectivity index (χ2v) is 6.14. The van der Waals surface area contributed by atoms with E-state index in [4.69, 9.17) is 0 Å². The molecule has 0 aromatic rings. The average molecular weight is 253 g/mol. The maximum Gasteiger partial charge on any atom is 0.241 e. The van der Waals surface area contributed by atoms with Gasteiger partial charge in [-0.15, -0.1) is 0 Å². The van der Waals surface area contributed by atoms with Gasteiger partial charge in [-0.2, -0.15) is 0 Å². The van der Waals surface area contributed by atoms with Crippen LogP contribution in [0, 0.1) is 0 Å². The molecule has 1 amide bonds. The zero-order valence-corrected chi connectivity index (χ0v) is 12.0. The molecule has 1 heterocycles. The van der Waals surface area contributed by atoms with E-state index in [0.29, 0.717) is 18.0 Å². The van der Waals surface area contributed by atoms with Crippen molar-refractivity contribution in [3.05, 3.63) is 0 Å². The van der Waals surface area contributed by atoms with Gasteiger partial charge in [0.2, 0.25) is 5.91 Å². The molecule has 18 heavy (non-hydrogen) atoms. The molecule has 0 spiro atoms. The van der Waals surface area contributed by atoms with Gasteiger partial charge in [-0.3, -0.25) is 4.79 Å². The Morgan fingerprint density at radius 3 is 2.56 bits per heavy atom. The van der Waals surface area contributed by atoms with Gasteiger partial charge >= 0.3 is 0 Å². The highest BCUT2D eigenvalue weighted by atomic mass is 16.2. The quantitative estimate of drug-likeness (QED) is 0.817. The predicted octanol–water partition coefficient (Wildman–Crippen LogP) is 1.07. The zero-order valence-electron chi connectivity index (χ0n) is 12.0.